The van der Waals surface area contributed by atoms with E-state index in [-0.39, 0.29) is 12.2 Å². The lowest BCUT2D eigenvalue weighted by Gasteiger charge is -2.27. The molecule has 176 valence electrons. The van der Waals surface area contributed by atoms with Crippen molar-refractivity contribution in [3.63, 3.8) is 0 Å². The quantitative estimate of drug-likeness (QED) is 0.389. The molecule has 0 heterocycles. The molecule has 0 radical (unpaired) electrons. The number of aliphatic carboxylic acids is 1. The number of fused-ring (bicyclic) bond motifs is 3. The van der Waals surface area contributed by atoms with Crippen molar-refractivity contribution in [2.45, 2.75) is 51.9 Å². The van der Waals surface area contributed by atoms with Crippen molar-refractivity contribution in [3.05, 3.63) is 89.0 Å². The summed E-state index contributed by atoms with van der Waals surface area (Å²) in [4.78, 5) is 24.8. The van der Waals surface area contributed by atoms with Gasteiger partial charge in [0, 0.05) is 0 Å². The first-order chi connectivity index (χ1) is 16.1. The zero-order chi connectivity index (χ0) is 24.5. The molecule has 0 aliphatic heterocycles. The van der Waals surface area contributed by atoms with Crippen molar-refractivity contribution < 1.29 is 24.2 Å². The minimum Gasteiger partial charge on any atom is -0.488 e. The Balaban J connectivity index is 1.46. The first-order valence-electron chi connectivity index (χ1n) is 11.2. The van der Waals surface area contributed by atoms with Gasteiger partial charge < -0.3 is 19.9 Å². The summed E-state index contributed by atoms with van der Waals surface area (Å²) < 4.78 is 11.3. The predicted molar refractivity (Wildman–Crippen MR) is 130 cm³/mol. The largest absolute Gasteiger partial charge is 0.488 e. The van der Waals surface area contributed by atoms with E-state index in [9.17, 15) is 14.7 Å². The highest BCUT2D eigenvalue weighted by molar-refractivity contribution is 5.85. The second-order valence-electron chi connectivity index (χ2n) is 9.65. The van der Waals surface area contributed by atoms with Gasteiger partial charge in [-0.1, -0.05) is 54.6 Å². The van der Waals surface area contributed by atoms with Crippen molar-refractivity contribution in [3.8, 4) is 16.9 Å². The maximum atomic E-state index is 12.7. The second kappa shape index (κ2) is 8.86. The van der Waals surface area contributed by atoms with Gasteiger partial charge in [0.25, 0.3) is 0 Å². The highest BCUT2D eigenvalue weighted by atomic mass is 16.5. The molecule has 0 fully saturated rings. The van der Waals surface area contributed by atoms with Crippen molar-refractivity contribution in [2.75, 3.05) is 0 Å². The Labute approximate surface area is 199 Å². The van der Waals surface area contributed by atoms with Crippen LogP contribution in [-0.2, 0) is 28.1 Å². The molecule has 6 nitrogen and oxygen atoms in total. The molecule has 3 aromatic carbocycles. The van der Waals surface area contributed by atoms with Crippen LogP contribution in [0.2, 0.25) is 0 Å². The number of carboxylic acid groups (broad SMARTS) is 1. The van der Waals surface area contributed by atoms with Gasteiger partial charge in [-0.2, -0.15) is 0 Å². The summed E-state index contributed by atoms with van der Waals surface area (Å²) in [7, 11) is 0. The Kier molecular flexibility index (Phi) is 6.09. The molecule has 4 rings (SSSR count). The van der Waals surface area contributed by atoms with Gasteiger partial charge in [0.15, 0.2) is 5.54 Å². The van der Waals surface area contributed by atoms with E-state index < -0.39 is 17.6 Å². The van der Waals surface area contributed by atoms with Crippen LogP contribution < -0.4 is 10.1 Å². The summed E-state index contributed by atoms with van der Waals surface area (Å²) in [6, 6.07) is 20.8. The van der Waals surface area contributed by atoms with E-state index in [1.807, 2.05) is 45.0 Å². The number of hydrogen-bond acceptors (Lipinski definition) is 4. The van der Waals surface area contributed by atoms with E-state index in [1.165, 1.54) is 18.1 Å². The van der Waals surface area contributed by atoms with E-state index in [0.29, 0.717) is 11.3 Å². The lowest BCUT2D eigenvalue weighted by molar-refractivity contribution is -0.144. The smallest absolute Gasteiger partial charge is 0.408 e. The fraction of sp³-hybridized carbons (Fsp3) is 0.286. The number of nitrogens with one attached hydrogen (secondary N) is 1. The van der Waals surface area contributed by atoms with Gasteiger partial charge in [0.05, 0.1) is 0 Å². The topological polar surface area (TPSA) is 84.9 Å². The molecule has 1 amide bonds. The Bertz CT molecular complexity index is 1230. The molecular formula is C28H29NO5. The number of hydrogen-bond donors (Lipinski definition) is 2. The molecule has 6 heteroatoms. The van der Waals surface area contributed by atoms with Crippen molar-refractivity contribution in [2.24, 2.45) is 0 Å². The molecule has 1 atom stereocenters. The van der Waals surface area contributed by atoms with Crippen LogP contribution in [0.3, 0.4) is 0 Å². The van der Waals surface area contributed by atoms with Gasteiger partial charge in [-0.15, -0.1) is 0 Å². The van der Waals surface area contributed by atoms with Crippen molar-refractivity contribution in [1.29, 1.82) is 0 Å². The lowest BCUT2D eigenvalue weighted by Crippen LogP contribution is -2.49. The van der Waals surface area contributed by atoms with Crippen LogP contribution in [0.5, 0.6) is 5.75 Å². The monoisotopic (exact) mass is 459 g/mol. The van der Waals surface area contributed by atoms with Crippen LogP contribution in [0.4, 0.5) is 4.79 Å². The average molecular weight is 460 g/mol. The zero-order valence-electron chi connectivity index (χ0n) is 19.8. The summed E-state index contributed by atoms with van der Waals surface area (Å²) in [6.45, 7) is 7.28. The van der Waals surface area contributed by atoms with Crippen LogP contribution in [-0.4, -0.2) is 22.8 Å². The van der Waals surface area contributed by atoms with Gasteiger partial charge >= 0.3 is 12.1 Å². The molecule has 2 N–H and O–H groups in total. The van der Waals surface area contributed by atoms with Gasteiger partial charge in [-0.3, -0.25) is 0 Å². The van der Waals surface area contributed by atoms with Crippen LogP contribution in [0.1, 0.15) is 49.9 Å². The number of carbonyl (C=O) groups is 2. The van der Waals surface area contributed by atoms with E-state index in [1.54, 1.807) is 24.3 Å². The number of carboxylic acids is 1. The van der Waals surface area contributed by atoms with E-state index >= 15 is 0 Å². The van der Waals surface area contributed by atoms with Crippen LogP contribution >= 0.6 is 0 Å². The van der Waals surface area contributed by atoms with E-state index in [0.717, 1.165) is 23.1 Å². The molecule has 0 unspecified atom stereocenters. The maximum absolute atomic E-state index is 12.7. The molecule has 1 aliphatic rings. The fourth-order valence-electron chi connectivity index (χ4n) is 4.20. The molecule has 0 saturated heterocycles. The third-order valence-corrected chi connectivity index (χ3v) is 5.94. The SMILES string of the molecule is CC(C)(C)Oc1ccc([C@](C)(NC(=O)OCc2cccc3c2Cc2ccccc2-3)C(=O)O)cc1. The zero-order valence-corrected chi connectivity index (χ0v) is 19.8. The second-order valence-corrected chi connectivity index (χ2v) is 9.65. The van der Waals surface area contributed by atoms with Crippen molar-refractivity contribution in [1.82, 2.24) is 5.32 Å². The first kappa shape index (κ1) is 23.4. The third-order valence-electron chi connectivity index (χ3n) is 5.94. The van der Waals surface area contributed by atoms with E-state index in [4.69, 9.17) is 9.47 Å². The first-order valence-corrected chi connectivity index (χ1v) is 11.2. The van der Waals surface area contributed by atoms with Gasteiger partial charge in [-0.05, 0) is 79.6 Å². The standard InChI is InChI=1S/C28H29NO5/c1-27(2,3)34-21-14-12-20(13-15-21)28(4,25(30)31)29-26(32)33-17-19-9-7-11-23-22-10-6-5-8-18(22)16-24(19)23/h5-15H,16-17H2,1-4H3,(H,29,32)(H,30,31)/t28-/m0/s1. The molecule has 34 heavy (non-hydrogen) atoms. The number of amides is 1. The fourth-order valence-corrected chi connectivity index (χ4v) is 4.20. The number of alkyl carbamates (subject to hydrolysis) is 1. The van der Waals surface area contributed by atoms with Gasteiger partial charge in [-0.25, -0.2) is 9.59 Å². The average Bonchev–Trinajstić information content (AvgIpc) is 3.16. The Morgan fingerprint density at radius 2 is 1.59 bits per heavy atom. The van der Waals surface area contributed by atoms with E-state index in [2.05, 4.69) is 23.5 Å². The Hall–Kier alpha value is -3.80. The third kappa shape index (κ3) is 4.76. The highest BCUT2D eigenvalue weighted by Gasteiger charge is 2.37. The number of benzene rings is 3. The van der Waals surface area contributed by atoms with Crippen LogP contribution in [0, 0.1) is 0 Å². The molecule has 0 bridgehead atoms. The van der Waals surface area contributed by atoms with Crippen LogP contribution in [0.25, 0.3) is 11.1 Å². The minimum atomic E-state index is -1.66. The molecule has 0 spiro atoms. The summed E-state index contributed by atoms with van der Waals surface area (Å²) in [5, 5.41) is 12.4. The number of carbonyl (C=O) groups excluding carboxylic acids is 1. The molecular weight excluding hydrogens is 430 g/mol. The molecule has 3 aromatic rings. The highest BCUT2D eigenvalue weighted by Crippen LogP contribution is 2.38. The summed E-state index contributed by atoms with van der Waals surface area (Å²) in [5.74, 6) is -0.574. The Morgan fingerprint density at radius 3 is 2.26 bits per heavy atom. The summed E-state index contributed by atoms with van der Waals surface area (Å²) in [5.41, 5.74) is 3.99. The van der Waals surface area contributed by atoms with Crippen LogP contribution in [0.15, 0.2) is 66.7 Å². The normalized spacial score (nSPS) is 13.9. The number of ether oxygens (including phenoxy) is 2. The molecule has 1 aliphatic carbocycles. The lowest BCUT2D eigenvalue weighted by atomic mass is 9.92. The molecule has 0 saturated carbocycles. The predicted octanol–water partition coefficient (Wildman–Crippen LogP) is 5.66. The van der Waals surface area contributed by atoms with Gasteiger partial charge in [0.2, 0.25) is 0 Å². The van der Waals surface area contributed by atoms with Crippen molar-refractivity contribution >= 4 is 12.1 Å². The number of rotatable bonds is 6. The summed E-state index contributed by atoms with van der Waals surface area (Å²) in [6.07, 6.45) is -0.0179. The van der Waals surface area contributed by atoms with Gasteiger partial charge in [0.1, 0.15) is 18.0 Å². The minimum absolute atomic E-state index is 0.0526. The molecule has 0 aromatic heterocycles. The summed E-state index contributed by atoms with van der Waals surface area (Å²) >= 11 is 0. The Morgan fingerprint density at radius 1 is 0.912 bits per heavy atom. The maximum Gasteiger partial charge on any atom is 0.408 e.